The Morgan fingerprint density at radius 1 is 1.08 bits per heavy atom. The summed E-state index contributed by atoms with van der Waals surface area (Å²) in [4.78, 5) is 0. The van der Waals surface area contributed by atoms with E-state index in [1.54, 1.807) is 0 Å². The Morgan fingerprint density at radius 2 is 1.46 bits per heavy atom. The van der Waals surface area contributed by atoms with E-state index in [-0.39, 0.29) is 11.3 Å². The van der Waals surface area contributed by atoms with Crippen molar-refractivity contribution in [2.24, 2.45) is 16.7 Å². The average Bonchev–Trinajstić information content (AvgIpc) is 1.75. The van der Waals surface area contributed by atoms with Gasteiger partial charge in [-0.15, -0.1) is 0 Å². The molecule has 1 rings (SSSR count). The van der Waals surface area contributed by atoms with E-state index in [4.69, 9.17) is 0 Å². The predicted octanol–water partition coefficient (Wildman–Crippen LogP) is 4.01. The molecule has 1 fully saturated rings. The van der Waals surface area contributed by atoms with Crippen molar-refractivity contribution in [2.75, 3.05) is 0 Å². The Hall–Kier alpha value is -0.210. The van der Waals surface area contributed by atoms with Crippen LogP contribution in [0.1, 0.15) is 40.5 Å². The van der Waals surface area contributed by atoms with Crippen molar-refractivity contribution in [3.8, 4) is 0 Å². The van der Waals surface area contributed by atoms with Crippen LogP contribution >= 0.6 is 0 Å². The molecule has 0 spiro atoms. The summed E-state index contributed by atoms with van der Waals surface area (Å²) in [5.74, 6) is 0.221. The maximum Gasteiger partial charge on any atom is 0.394 e. The van der Waals surface area contributed by atoms with Crippen LogP contribution in [-0.2, 0) is 0 Å². The first-order chi connectivity index (χ1) is 5.56. The molecule has 1 aliphatic carbocycles. The zero-order valence-electron chi connectivity index (χ0n) is 8.63. The van der Waals surface area contributed by atoms with Crippen LogP contribution in [-0.4, -0.2) is 6.18 Å². The van der Waals surface area contributed by atoms with Crippen LogP contribution in [0.3, 0.4) is 0 Å². The van der Waals surface area contributed by atoms with Gasteiger partial charge in [-0.1, -0.05) is 27.7 Å². The van der Waals surface area contributed by atoms with E-state index in [1.807, 2.05) is 20.8 Å². The molecule has 13 heavy (non-hydrogen) atoms. The van der Waals surface area contributed by atoms with Crippen molar-refractivity contribution in [1.29, 1.82) is 0 Å². The molecule has 78 valence electrons. The first kappa shape index (κ1) is 10.9. The highest BCUT2D eigenvalue weighted by Gasteiger charge is 2.60. The van der Waals surface area contributed by atoms with Crippen molar-refractivity contribution in [3.05, 3.63) is 0 Å². The minimum absolute atomic E-state index is 0.0186. The molecule has 0 aromatic rings. The second-order valence-corrected chi connectivity index (χ2v) is 5.53. The van der Waals surface area contributed by atoms with Crippen molar-refractivity contribution in [3.63, 3.8) is 0 Å². The molecule has 0 aromatic carbocycles. The molecule has 0 heterocycles. The standard InChI is InChI=1S/C10H17F3/c1-8(2,3)7-5-9(4,6-7)10(11,12)13/h7H,5-6H2,1-4H3. The SMILES string of the molecule is CC(C)(C)C1CC(C)(C(F)(F)F)C1. The van der Waals surface area contributed by atoms with Gasteiger partial charge in [-0.05, 0) is 24.2 Å². The lowest BCUT2D eigenvalue weighted by Gasteiger charge is -2.51. The minimum atomic E-state index is -4.02. The molecule has 1 saturated carbocycles. The van der Waals surface area contributed by atoms with Crippen molar-refractivity contribution in [2.45, 2.75) is 46.7 Å². The molecule has 1 aliphatic rings. The van der Waals surface area contributed by atoms with Gasteiger partial charge in [-0.25, -0.2) is 0 Å². The van der Waals surface area contributed by atoms with E-state index >= 15 is 0 Å². The molecule has 3 heteroatoms. The van der Waals surface area contributed by atoms with Gasteiger partial charge in [0.15, 0.2) is 0 Å². The molecule has 0 amide bonds. The molecule has 0 aromatic heterocycles. The molecule has 0 atom stereocenters. The maximum atomic E-state index is 12.4. The van der Waals surface area contributed by atoms with Gasteiger partial charge in [0.25, 0.3) is 0 Å². The van der Waals surface area contributed by atoms with Crippen molar-refractivity contribution >= 4 is 0 Å². The minimum Gasteiger partial charge on any atom is -0.171 e. The van der Waals surface area contributed by atoms with Crippen LogP contribution in [0.25, 0.3) is 0 Å². The molecule has 0 unspecified atom stereocenters. The van der Waals surface area contributed by atoms with Crippen LogP contribution in [0.15, 0.2) is 0 Å². The zero-order valence-corrected chi connectivity index (χ0v) is 8.63. The van der Waals surface area contributed by atoms with Crippen molar-refractivity contribution < 1.29 is 13.2 Å². The van der Waals surface area contributed by atoms with Crippen LogP contribution < -0.4 is 0 Å². The van der Waals surface area contributed by atoms with Crippen LogP contribution in [0, 0.1) is 16.7 Å². The third-order valence-corrected chi connectivity index (χ3v) is 3.30. The second-order valence-electron chi connectivity index (χ2n) is 5.53. The van der Waals surface area contributed by atoms with Gasteiger partial charge in [-0.2, -0.15) is 13.2 Å². The monoisotopic (exact) mass is 194 g/mol. The molecule has 0 nitrogen and oxygen atoms in total. The smallest absolute Gasteiger partial charge is 0.171 e. The summed E-state index contributed by atoms with van der Waals surface area (Å²) in [5.41, 5.74) is -1.39. The molecular formula is C10H17F3. The number of halogens is 3. The Labute approximate surface area is 77.5 Å². The molecular weight excluding hydrogens is 177 g/mol. The molecule has 0 radical (unpaired) electrons. The van der Waals surface area contributed by atoms with Gasteiger partial charge in [0, 0.05) is 0 Å². The lowest BCUT2D eigenvalue weighted by Crippen LogP contribution is -2.50. The first-order valence-corrected chi connectivity index (χ1v) is 4.63. The maximum absolute atomic E-state index is 12.4. The van der Waals surface area contributed by atoms with Gasteiger partial charge in [0.2, 0.25) is 0 Å². The van der Waals surface area contributed by atoms with E-state index in [9.17, 15) is 13.2 Å². The second kappa shape index (κ2) is 2.64. The number of hydrogen-bond donors (Lipinski definition) is 0. The Kier molecular flexibility index (Phi) is 2.21. The lowest BCUT2D eigenvalue weighted by atomic mass is 9.55. The lowest BCUT2D eigenvalue weighted by molar-refractivity contribution is -0.264. The highest BCUT2D eigenvalue weighted by Crippen LogP contribution is 2.59. The van der Waals surface area contributed by atoms with Gasteiger partial charge < -0.3 is 0 Å². The Bertz CT molecular complexity index is 191. The summed E-state index contributed by atoms with van der Waals surface area (Å²) in [7, 11) is 0. The van der Waals surface area contributed by atoms with Gasteiger partial charge >= 0.3 is 6.18 Å². The molecule has 0 bridgehead atoms. The summed E-state index contributed by atoms with van der Waals surface area (Å²) >= 11 is 0. The van der Waals surface area contributed by atoms with Crippen LogP contribution in [0.5, 0.6) is 0 Å². The molecule has 0 aliphatic heterocycles. The summed E-state index contributed by atoms with van der Waals surface area (Å²) in [5, 5.41) is 0. The topological polar surface area (TPSA) is 0 Å². The van der Waals surface area contributed by atoms with Crippen LogP contribution in [0.2, 0.25) is 0 Å². The van der Waals surface area contributed by atoms with E-state index in [2.05, 4.69) is 0 Å². The Balaban J connectivity index is 2.58. The van der Waals surface area contributed by atoms with Gasteiger partial charge in [0.05, 0.1) is 5.41 Å². The Morgan fingerprint density at radius 3 is 1.69 bits per heavy atom. The van der Waals surface area contributed by atoms with Gasteiger partial charge in [-0.3, -0.25) is 0 Å². The van der Waals surface area contributed by atoms with E-state index in [0.717, 1.165) is 0 Å². The van der Waals surface area contributed by atoms with Crippen LogP contribution in [0.4, 0.5) is 13.2 Å². The van der Waals surface area contributed by atoms with Crippen molar-refractivity contribution in [1.82, 2.24) is 0 Å². The largest absolute Gasteiger partial charge is 0.394 e. The summed E-state index contributed by atoms with van der Waals surface area (Å²) in [6.45, 7) is 7.35. The fraction of sp³-hybridized carbons (Fsp3) is 1.00. The quantitative estimate of drug-likeness (QED) is 0.546. The van der Waals surface area contributed by atoms with Gasteiger partial charge in [0.1, 0.15) is 0 Å². The third kappa shape index (κ3) is 1.84. The van der Waals surface area contributed by atoms with E-state index in [1.165, 1.54) is 6.92 Å². The average molecular weight is 194 g/mol. The third-order valence-electron chi connectivity index (χ3n) is 3.30. The normalized spacial score (nSPS) is 35.8. The summed E-state index contributed by atoms with van der Waals surface area (Å²) in [6, 6.07) is 0. The highest BCUT2D eigenvalue weighted by molar-refractivity contribution is 4.99. The zero-order chi connectivity index (χ0) is 10.5. The number of hydrogen-bond acceptors (Lipinski definition) is 0. The van der Waals surface area contributed by atoms with E-state index in [0.29, 0.717) is 12.8 Å². The first-order valence-electron chi connectivity index (χ1n) is 4.63. The number of alkyl halides is 3. The fourth-order valence-corrected chi connectivity index (χ4v) is 1.87. The fourth-order valence-electron chi connectivity index (χ4n) is 1.87. The molecule has 0 N–H and O–H groups in total. The summed E-state index contributed by atoms with van der Waals surface area (Å²) < 4.78 is 37.3. The molecule has 0 saturated heterocycles. The predicted molar refractivity (Wildman–Crippen MR) is 46.3 cm³/mol. The summed E-state index contributed by atoms with van der Waals surface area (Å²) in [6.07, 6.45) is -3.44. The highest BCUT2D eigenvalue weighted by atomic mass is 19.4. The van der Waals surface area contributed by atoms with E-state index < -0.39 is 11.6 Å². The number of rotatable bonds is 0.